The number of carbonyl (C=O) groups is 1. The zero-order chi connectivity index (χ0) is 16.8. The van der Waals surface area contributed by atoms with Gasteiger partial charge in [0.25, 0.3) is 0 Å². The lowest BCUT2D eigenvalue weighted by molar-refractivity contribution is 0.0526. The monoisotopic (exact) mass is 321 g/mol. The number of esters is 1. The van der Waals surface area contributed by atoms with Crippen LogP contribution in [0.15, 0.2) is 61.1 Å². The second-order valence-electron chi connectivity index (χ2n) is 4.82. The fraction of sp³-hybridized carbons (Fsp3) is 0.111. The van der Waals surface area contributed by atoms with E-state index in [0.29, 0.717) is 29.6 Å². The first-order chi connectivity index (χ1) is 11.8. The summed E-state index contributed by atoms with van der Waals surface area (Å²) in [5, 5.41) is 0. The predicted molar refractivity (Wildman–Crippen MR) is 87.7 cm³/mol. The molecule has 3 rings (SSSR count). The van der Waals surface area contributed by atoms with Crippen molar-refractivity contribution in [2.75, 3.05) is 6.61 Å². The zero-order valence-electron chi connectivity index (χ0n) is 13.0. The summed E-state index contributed by atoms with van der Waals surface area (Å²) in [6.07, 6.45) is 4.57. The van der Waals surface area contributed by atoms with E-state index in [4.69, 9.17) is 9.47 Å². The Balaban J connectivity index is 1.69. The molecule has 120 valence electrons. The zero-order valence-corrected chi connectivity index (χ0v) is 13.0. The summed E-state index contributed by atoms with van der Waals surface area (Å²) in [4.78, 5) is 24.2. The Bertz CT molecular complexity index is 803. The molecule has 0 saturated heterocycles. The minimum atomic E-state index is -0.410. The van der Waals surface area contributed by atoms with Gasteiger partial charge in [-0.1, -0.05) is 30.3 Å². The molecular weight excluding hydrogens is 306 g/mol. The van der Waals surface area contributed by atoms with E-state index >= 15 is 0 Å². The Morgan fingerprint density at radius 2 is 1.71 bits per heavy atom. The highest BCUT2D eigenvalue weighted by atomic mass is 16.5. The molecule has 0 radical (unpaired) electrons. The number of pyridine rings is 1. The van der Waals surface area contributed by atoms with Gasteiger partial charge in [0.1, 0.15) is 0 Å². The Morgan fingerprint density at radius 3 is 2.33 bits per heavy atom. The van der Waals surface area contributed by atoms with Gasteiger partial charge in [-0.25, -0.2) is 19.7 Å². The van der Waals surface area contributed by atoms with Gasteiger partial charge in [-0.2, -0.15) is 0 Å². The number of hydrogen-bond acceptors (Lipinski definition) is 6. The van der Waals surface area contributed by atoms with Crippen molar-refractivity contribution in [1.29, 1.82) is 0 Å². The second-order valence-corrected chi connectivity index (χ2v) is 4.82. The van der Waals surface area contributed by atoms with Gasteiger partial charge in [0.2, 0.25) is 5.88 Å². The standard InChI is InChI=1S/C18H15N3O3/c1-2-23-18(22)14-8-9-16(19-10-14)24-15-11-20-17(21-12-15)13-6-4-3-5-7-13/h3-12H,2H2,1H3. The van der Waals surface area contributed by atoms with E-state index in [2.05, 4.69) is 15.0 Å². The molecule has 6 heteroatoms. The molecular formula is C18H15N3O3. The van der Waals surface area contributed by atoms with E-state index in [-0.39, 0.29) is 0 Å². The highest BCUT2D eigenvalue weighted by Crippen LogP contribution is 2.20. The smallest absolute Gasteiger partial charge is 0.339 e. The van der Waals surface area contributed by atoms with E-state index in [1.165, 1.54) is 6.20 Å². The average Bonchev–Trinajstić information content (AvgIpc) is 2.64. The Labute approximate surface area is 139 Å². The topological polar surface area (TPSA) is 74.2 Å². The summed E-state index contributed by atoms with van der Waals surface area (Å²) in [5.41, 5.74) is 1.31. The van der Waals surface area contributed by atoms with E-state index in [0.717, 1.165) is 5.56 Å². The van der Waals surface area contributed by atoms with Crippen LogP contribution in [0.2, 0.25) is 0 Å². The SMILES string of the molecule is CCOC(=O)c1ccc(Oc2cnc(-c3ccccc3)nc2)nc1. The largest absolute Gasteiger partial charge is 0.462 e. The number of nitrogens with zero attached hydrogens (tertiary/aromatic N) is 3. The van der Waals surface area contributed by atoms with Gasteiger partial charge in [-0.3, -0.25) is 0 Å². The van der Waals surface area contributed by atoms with Crippen molar-refractivity contribution in [2.24, 2.45) is 0 Å². The summed E-state index contributed by atoms with van der Waals surface area (Å²) >= 11 is 0. The lowest BCUT2D eigenvalue weighted by Gasteiger charge is -2.06. The molecule has 2 heterocycles. The van der Waals surface area contributed by atoms with Crippen molar-refractivity contribution in [3.05, 3.63) is 66.6 Å². The average molecular weight is 321 g/mol. The molecule has 1 aromatic carbocycles. The minimum absolute atomic E-state index is 0.322. The quantitative estimate of drug-likeness (QED) is 0.670. The summed E-state index contributed by atoms with van der Waals surface area (Å²) in [7, 11) is 0. The van der Waals surface area contributed by atoms with Crippen LogP contribution < -0.4 is 4.74 Å². The van der Waals surface area contributed by atoms with Crippen LogP contribution in [0.3, 0.4) is 0 Å². The molecule has 3 aromatic rings. The molecule has 6 nitrogen and oxygen atoms in total. The Hall–Kier alpha value is -3.28. The van der Waals surface area contributed by atoms with Gasteiger partial charge in [0.05, 0.1) is 24.6 Å². The van der Waals surface area contributed by atoms with E-state index in [1.54, 1.807) is 31.5 Å². The van der Waals surface area contributed by atoms with Crippen LogP contribution in [0, 0.1) is 0 Å². The van der Waals surface area contributed by atoms with Crippen molar-refractivity contribution in [1.82, 2.24) is 15.0 Å². The van der Waals surface area contributed by atoms with Crippen molar-refractivity contribution in [3.63, 3.8) is 0 Å². The third kappa shape index (κ3) is 3.73. The minimum Gasteiger partial charge on any atom is -0.462 e. The Morgan fingerprint density at radius 1 is 0.958 bits per heavy atom. The van der Waals surface area contributed by atoms with Gasteiger partial charge in [0, 0.05) is 17.8 Å². The van der Waals surface area contributed by atoms with Crippen molar-refractivity contribution >= 4 is 5.97 Å². The van der Waals surface area contributed by atoms with Gasteiger partial charge < -0.3 is 9.47 Å². The molecule has 0 aliphatic heterocycles. The van der Waals surface area contributed by atoms with Crippen molar-refractivity contribution in [2.45, 2.75) is 6.92 Å². The van der Waals surface area contributed by atoms with Gasteiger partial charge in [-0.05, 0) is 13.0 Å². The Kier molecular flexibility index (Phi) is 4.76. The molecule has 0 aliphatic rings. The van der Waals surface area contributed by atoms with E-state index in [9.17, 15) is 4.79 Å². The normalized spacial score (nSPS) is 10.2. The number of benzene rings is 1. The first kappa shape index (κ1) is 15.6. The fourth-order valence-corrected chi connectivity index (χ4v) is 2.00. The maximum Gasteiger partial charge on any atom is 0.339 e. The van der Waals surface area contributed by atoms with E-state index in [1.807, 2.05) is 30.3 Å². The van der Waals surface area contributed by atoms with Crippen LogP contribution in [-0.2, 0) is 4.74 Å². The highest BCUT2D eigenvalue weighted by Gasteiger charge is 2.08. The highest BCUT2D eigenvalue weighted by molar-refractivity contribution is 5.89. The van der Waals surface area contributed by atoms with Crippen LogP contribution in [0.5, 0.6) is 11.6 Å². The summed E-state index contributed by atoms with van der Waals surface area (Å²) < 4.78 is 10.5. The van der Waals surface area contributed by atoms with Crippen LogP contribution in [0.1, 0.15) is 17.3 Å². The summed E-state index contributed by atoms with van der Waals surface area (Å²) in [5.74, 6) is 1.02. The number of ether oxygens (including phenoxy) is 2. The van der Waals surface area contributed by atoms with E-state index < -0.39 is 5.97 Å². The molecule has 0 amide bonds. The lowest BCUT2D eigenvalue weighted by atomic mass is 10.2. The number of hydrogen-bond donors (Lipinski definition) is 0. The molecule has 0 saturated carbocycles. The molecule has 0 aliphatic carbocycles. The van der Waals surface area contributed by atoms with Crippen LogP contribution in [0.25, 0.3) is 11.4 Å². The third-order valence-corrected chi connectivity index (χ3v) is 3.13. The molecule has 24 heavy (non-hydrogen) atoms. The fourth-order valence-electron chi connectivity index (χ4n) is 2.00. The van der Waals surface area contributed by atoms with Crippen LogP contribution >= 0.6 is 0 Å². The molecule has 0 bridgehead atoms. The third-order valence-electron chi connectivity index (χ3n) is 3.13. The van der Waals surface area contributed by atoms with Gasteiger partial charge in [0.15, 0.2) is 11.6 Å². The molecule has 0 N–H and O–H groups in total. The molecule has 0 unspecified atom stereocenters. The number of aromatic nitrogens is 3. The molecule has 0 fully saturated rings. The first-order valence-electron chi connectivity index (χ1n) is 7.45. The maximum atomic E-state index is 11.6. The van der Waals surface area contributed by atoms with Crippen LogP contribution in [-0.4, -0.2) is 27.5 Å². The molecule has 2 aromatic heterocycles. The summed E-state index contributed by atoms with van der Waals surface area (Å²) in [6.45, 7) is 2.07. The lowest BCUT2D eigenvalue weighted by Crippen LogP contribution is -2.05. The second kappa shape index (κ2) is 7.32. The van der Waals surface area contributed by atoms with Gasteiger partial charge >= 0.3 is 5.97 Å². The van der Waals surface area contributed by atoms with Crippen LogP contribution in [0.4, 0.5) is 0 Å². The van der Waals surface area contributed by atoms with Crippen molar-refractivity contribution < 1.29 is 14.3 Å². The first-order valence-corrected chi connectivity index (χ1v) is 7.45. The molecule has 0 spiro atoms. The van der Waals surface area contributed by atoms with Crippen molar-refractivity contribution in [3.8, 4) is 23.0 Å². The molecule has 0 atom stereocenters. The number of rotatable bonds is 5. The summed E-state index contributed by atoms with van der Waals surface area (Å²) in [6, 6.07) is 12.9. The van der Waals surface area contributed by atoms with Gasteiger partial charge in [-0.15, -0.1) is 0 Å². The maximum absolute atomic E-state index is 11.6. The number of carbonyl (C=O) groups excluding carboxylic acids is 1. The predicted octanol–water partition coefficient (Wildman–Crippen LogP) is 3.51.